The van der Waals surface area contributed by atoms with Crippen LogP contribution in [0.3, 0.4) is 0 Å². The van der Waals surface area contributed by atoms with Crippen molar-refractivity contribution in [2.45, 2.75) is 6.92 Å². The molecule has 1 N–H and O–H groups in total. The van der Waals surface area contributed by atoms with Gasteiger partial charge in [0.15, 0.2) is 6.29 Å². The minimum absolute atomic E-state index is 0.333. The molecule has 0 atom stereocenters. The van der Waals surface area contributed by atoms with Gasteiger partial charge in [-0.15, -0.1) is 0 Å². The number of anilines is 2. The lowest BCUT2D eigenvalue weighted by molar-refractivity contribution is 0.111. The summed E-state index contributed by atoms with van der Waals surface area (Å²) in [6.45, 7) is 1.82. The molecule has 2 aromatic heterocycles. The van der Waals surface area contributed by atoms with Crippen molar-refractivity contribution in [3.05, 3.63) is 53.7 Å². The maximum absolute atomic E-state index is 14.0. The molecule has 1 aromatic carbocycles. The Kier molecular flexibility index (Phi) is 3.17. The lowest BCUT2D eigenvalue weighted by Crippen LogP contribution is -1.99. The Labute approximate surface area is 121 Å². The van der Waals surface area contributed by atoms with Gasteiger partial charge >= 0.3 is 0 Å². The zero-order valence-corrected chi connectivity index (χ0v) is 11.7. The van der Waals surface area contributed by atoms with Crippen LogP contribution in [0.5, 0.6) is 0 Å². The highest BCUT2D eigenvalue weighted by atomic mass is 19.1. The number of hydrogen-bond donors (Lipinski definition) is 1. The van der Waals surface area contributed by atoms with Crippen LogP contribution in [0.15, 0.2) is 36.7 Å². The number of benzene rings is 1. The van der Waals surface area contributed by atoms with Crippen LogP contribution < -0.4 is 5.32 Å². The fourth-order valence-electron chi connectivity index (χ4n) is 2.43. The van der Waals surface area contributed by atoms with Gasteiger partial charge in [0, 0.05) is 24.8 Å². The second-order valence-corrected chi connectivity index (χ2v) is 4.94. The maximum atomic E-state index is 14.0. The molecule has 3 aromatic rings. The molecule has 0 amide bonds. The summed E-state index contributed by atoms with van der Waals surface area (Å²) in [6.07, 6.45) is 4.08. The second-order valence-electron chi connectivity index (χ2n) is 4.94. The van der Waals surface area contributed by atoms with Gasteiger partial charge in [-0.3, -0.25) is 9.78 Å². The van der Waals surface area contributed by atoms with Crippen molar-refractivity contribution in [1.29, 1.82) is 0 Å². The number of aromatic nitrogens is 2. The van der Waals surface area contributed by atoms with E-state index in [2.05, 4.69) is 10.3 Å². The van der Waals surface area contributed by atoms with E-state index >= 15 is 0 Å². The Morgan fingerprint density at radius 1 is 1.33 bits per heavy atom. The Morgan fingerprint density at radius 3 is 2.86 bits per heavy atom. The van der Waals surface area contributed by atoms with Gasteiger partial charge in [0.2, 0.25) is 0 Å². The summed E-state index contributed by atoms with van der Waals surface area (Å²) in [5.74, 6) is -0.354. The van der Waals surface area contributed by atoms with Gasteiger partial charge in [-0.1, -0.05) is 6.07 Å². The third-order valence-corrected chi connectivity index (χ3v) is 3.54. The van der Waals surface area contributed by atoms with Gasteiger partial charge < -0.3 is 9.88 Å². The molecule has 0 bridgehead atoms. The fourth-order valence-corrected chi connectivity index (χ4v) is 2.43. The molecular formula is C16H14FN3O. The minimum Gasteiger partial charge on any atom is -0.351 e. The van der Waals surface area contributed by atoms with Crippen LogP contribution in [0.1, 0.15) is 16.1 Å². The number of carbonyl (C=O) groups excluding carboxylic acids is 1. The van der Waals surface area contributed by atoms with Gasteiger partial charge in [0.1, 0.15) is 11.5 Å². The van der Waals surface area contributed by atoms with Gasteiger partial charge in [-0.2, -0.15) is 0 Å². The lowest BCUT2D eigenvalue weighted by atomic mass is 10.2. The summed E-state index contributed by atoms with van der Waals surface area (Å²) in [7, 11) is 1.79. The molecule has 0 spiro atoms. The lowest BCUT2D eigenvalue weighted by Gasteiger charge is -2.08. The van der Waals surface area contributed by atoms with Crippen molar-refractivity contribution in [2.24, 2.45) is 7.05 Å². The van der Waals surface area contributed by atoms with E-state index in [1.807, 2.05) is 19.1 Å². The number of nitrogens with one attached hydrogen (secondary N) is 1. The van der Waals surface area contributed by atoms with E-state index in [9.17, 15) is 9.18 Å². The molecule has 0 unspecified atom stereocenters. The van der Waals surface area contributed by atoms with Crippen molar-refractivity contribution in [3.8, 4) is 0 Å². The summed E-state index contributed by atoms with van der Waals surface area (Å²) in [4.78, 5) is 15.4. The van der Waals surface area contributed by atoms with Crippen LogP contribution in [0, 0.1) is 12.7 Å². The Balaban J connectivity index is 2.18. The van der Waals surface area contributed by atoms with E-state index < -0.39 is 0 Å². The van der Waals surface area contributed by atoms with E-state index in [-0.39, 0.29) is 5.82 Å². The second kappa shape index (κ2) is 5.01. The van der Waals surface area contributed by atoms with E-state index in [1.54, 1.807) is 30.1 Å². The maximum Gasteiger partial charge on any atom is 0.168 e. The Morgan fingerprint density at radius 2 is 2.14 bits per heavy atom. The van der Waals surface area contributed by atoms with Crippen molar-refractivity contribution >= 4 is 28.6 Å². The minimum atomic E-state index is -0.354. The highest BCUT2D eigenvalue weighted by Gasteiger charge is 2.16. The first-order valence-corrected chi connectivity index (χ1v) is 6.52. The van der Waals surface area contributed by atoms with Gasteiger partial charge in [-0.25, -0.2) is 4.39 Å². The number of rotatable bonds is 3. The first-order chi connectivity index (χ1) is 10.1. The normalized spacial score (nSPS) is 10.8. The van der Waals surface area contributed by atoms with Crippen LogP contribution in [0.25, 0.3) is 10.9 Å². The quantitative estimate of drug-likeness (QED) is 0.747. The Bertz CT molecular complexity index is 839. The van der Waals surface area contributed by atoms with Crippen molar-refractivity contribution < 1.29 is 9.18 Å². The van der Waals surface area contributed by atoms with Crippen LogP contribution >= 0.6 is 0 Å². The highest BCUT2D eigenvalue weighted by Crippen LogP contribution is 2.32. The predicted octanol–water partition coefficient (Wildman–Crippen LogP) is 3.58. The SMILES string of the molecule is Cc1ccc(Nc2c(C=O)n(C)c3ccncc23)c(F)c1. The fraction of sp³-hybridized carbons (Fsp3) is 0.125. The summed E-state index contributed by atoms with van der Waals surface area (Å²) >= 11 is 0. The molecule has 0 aliphatic heterocycles. The molecule has 21 heavy (non-hydrogen) atoms. The van der Waals surface area contributed by atoms with Crippen LogP contribution in [0.2, 0.25) is 0 Å². The molecular weight excluding hydrogens is 269 g/mol. The third kappa shape index (κ3) is 2.16. The molecule has 0 aliphatic rings. The van der Waals surface area contributed by atoms with Gasteiger partial charge in [-0.05, 0) is 30.7 Å². The van der Waals surface area contributed by atoms with Crippen LogP contribution in [-0.4, -0.2) is 15.8 Å². The van der Waals surface area contributed by atoms with Crippen molar-refractivity contribution in [1.82, 2.24) is 9.55 Å². The number of aryl methyl sites for hydroxylation is 2. The zero-order valence-electron chi connectivity index (χ0n) is 11.7. The number of hydrogen-bond acceptors (Lipinski definition) is 3. The van der Waals surface area contributed by atoms with Crippen LogP contribution in [0.4, 0.5) is 15.8 Å². The number of fused-ring (bicyclic) bond motifs is 1. The number of nitrogens with zero attached hydrogens (tertiary/aromatic N) is 2. The average molecular weight is 283 g/mol. The smallest absolute Gasteiger partial charge is 0.168 e. The van der Waals surface area contributed by atoms with E-state index in [0.717, 1.165) is 22.8 Å². The van der Waals surface area contributed by atoms with Crippen molar-refractivity contribution in [2.75, 3.05) is 5.32 Å². The third-order valence-electron chi connectivity index (χ3n) is 3.54. The molecule has 0 saturated heterocycles. The van der Waals surface area contributed by atoms with Gasteiger partial charge in [0.25, 0.3) is 0 Å². The molecule has 0 radical (unpaired) electrons. The molecule has 0 saturated carbocycles. The molecule has 106 valence electrons. The molecule has 0 fully saturated rings. The van der Waals surface area contributed by atoms with Gasteiger partial charge in [0.05, 0.1) is 16.9 Å². The molecule has 0 aliphatic carbocycles. The van der Waals surface area contributed by atoms with Crippen molar-refractivity contribution in [3.63, 3.8) is 0 Å². The first-order valence-electron chi connectivity index (χ1n) is 6.52. The molecule has 3 rings (SSSR count). The summed E-state index contributed by atoms with van der Waals surface area (Å²) < 4.78 is 15.8. The zero-order chi connectivity index (χ0) is 15.0. The molecule has 2 heterocycles. The molecule has 5 heteroatoms. The number of halogens is 1. The predicted molar refractivity (Wildman–Crippen MR) is 80.5 cm³/mol. The van der Waals surface area contributed by atoms with Crippen LogP contribution in [-0.2, 0) is 7.05 Å². The standard InChI is InChI=1S/C16H14FN3O/c1-10-3-4-13(12(17)7-10)19-16-11-8-18-6-5-14(11)20(2)15(16)9-21/h3-9,19H,1-2H3. The number of aldehydes is 1. The van der Waals surface area contributed by atoms with E-state index in [4.69, 9.17) is 0 Å². The van der Waals surface area contributed by atoms with E-state index in [1.165, 1.54) is 6.07 Å². The number of carbonyl (C=O) groups is 1. The molecule has 4 nitrogen and oxygen atoms in total. The Hall–Kier alpha value is -2.69. The first kappa shape index (κ1) is 13.3. The monoisotopic (exact) mass is 283 g/mol. The number of pyridine rings is 1. The average Bonchev–Trinajstić information content (AvgIpc) is 2.75. The summed E-state index contributed by atoms with van der Waals surface area (Å²) in [5.41, 5.74) is 3.06. The topological polar surface area (TPSA) is 46.9 Å². The summed E-state index contributed by atoms with van der Waals surface area (Å²) in [6, 6.07) is 6.75. The van der Waals surface area contributed by atoms with E-state index in [0.29, 0.717) is 17.1 Å². The summed E-state index contributed by atoms with van der Waals surface area (Å²) in [5, 5.41) is 3.80. The highest BCUT2D eigenvalue weighted by molar-refractivity contribution is 6.03. The largest absolute Gasteiger partial charge is 0.351 e.